The van der Waals surface area contributed by atoms with Crippen LogP contribution in [-0.2, 0) is 14.3 Å². The van der Waals surface area contributed by atoms with Crippen LogP contribution in [0, 0.1) is 11.3 Å². The summed E-state index contributed by atoms with van der Waals surface area (Å²) in [5, 5.41) is 3.11. The molecule has 1 aliphatic carbocycles. The van der Waals surface area contributed by atoms with E-state index in [1.807, 2.05) is 0 Å². The Labute approximate surface area is 133 Å². The molecule has 0 aromatic rings. The molecule has 1 aliphatic heterocycles. The molecule has 2 aliphatic rings. The Morgan fingerprint density at radius 3 is 2.38 bits per heavy atom. The third kappa shape index (κ3) is 3.36. The van der Waals surface area contributed by atoms with Gasteiger partial charge in [-0.1, -0.05) is 13.8 Å². The van der Waals surface area contributed by atoms with Gasteiger partial charge in [-0.25, -0.2) is 0 Å². The lowest BCUT2D eigenvalue weighted by molar-refractivity contribution is -0.183. The van der Waals surface area contributed by atoms with Gasteiger partial charge in [-0.3, -0.25) is 4.79 Å². The Hall–Kier alpha value is -0.360. The van der Waals surface area contributed by atoms with Gasteiger partial charge in [0, 0.05) is 31.8 Å². The van der Waals surface area contributed by atoms with E-state index in [-0.39, 0.29) is 41.3 Å². The summed E-state index contributed by atoms with van der Waals surface area (Å²) in [4.78, 5) is 12.3. The smallest absolute Gasteiger partial charge is 0.237 e. The standard InChI is InChI=1S/C15H28N2O3.ClH/c1-14(2)11(9-15(14,3)19-4)17-13(18)12(16)10-5-7-20-8-6-10;/h10-12H,5-9,16H2,1-4H3,(H,17,18);1H. The first-order chi connectivity index (χ1) is 9.32. The third-order valence-electron chi connectivity index (χ3n) is 5.67. The minimum absolute atomic E-state index is 0. The number of hydrogen-bond acceptors (Lipinski definition) is 4. The fraction of sp³-hybridized carbons (Fsp3) is 0.933. The Morgan fingerprint density at radius 2 is 1.90 bits per heavy atom. The van der Waals surface area contributed by atoms with Crippen LogP contribution in [0.5, 0.6) is 0 Å². The number of methoxy groups -OCH3 is 1. The molecule has 0 spiro atoms. The molecule has 1 saturated carbocycles. The molecule has 5 nitrogen and oxygen atoms in total. The van der Waals surface area contributed by atoms with Crippen LogP contribution in [0.25, 0.3) is 0 Å². The molecule has 2 rings (SSSR count). The van der Waals surface area contributed by atoms with Gasteiger partial charge in [0.25, 0.3) is 0 Å². The molecule has 2 fully saturated rings. The van der Waals surface area contributed by atoms with E-state index in [0.29, 0.717) is 13.2 Å². The zero-order valence-electron chi connectivity index (χ0n) is 13.5. The van der Waals surface area contributed by atoms with Crippen LogP contribution >= 0.6 is 12.4 Å². The Kier molecular flexibility index (Phi) is 6.07. The van der Waals surface area contributed by atoms with E-state index >= 15 is 0 Å². The van der Waals surface area contributed by atoms with E-state index in [4.69, 9.17) is 15.2 Å². The van der Waals surface area contributed by atoms with E-state index in [9.17, 15) is 4.79 Å². The zero-order valence-corrected chi connectivity index (χ0v) is 14.3. The van der Waals surface area contributed by atoms with Crippen LogP contribution < -0.4 is 11.1 Å². The predicted octanol–water partition coefficient (Wildman–Crippen LogP) is 1.48. The van der Waals surface area contributed by atoms with E-state index in [2.05, 4.69) is 26.1 Å². The van der Waals surface area contributed by atoms with Crippen LogP contribution in [0.2, 0.25) is 0 Å². The van der Waals surface area contributed by atoms with Gasteiger partial charge < -0.3 is 20.5 Å². The predicted molar refractivity (Wildman–Crippen MR) is 84.5 cm³/mol. The second kappa shape index (κ2) is 6.82. The Morgan fingerprint density at radius 1 is 1.33 bits per heavy atom. The molecule has 0 bridgehead atoms. The van der Waals surface area contributed by atoms with Crippen LogP contribution in [0.3, 0.4) is 0 Å². The van der Waals surface area contributed by atoms with E-state index in [1.54, 1.807) is 7.11 Å². The summed E-state index contributed by atoms with van der Waals surface area (Å²) >= 11 is 0. The summed E-state index contributed by atoms with van der Waals surface area (Å²) in [5.74, 6) is 0.203. The van der Waals surface area contributed by atoms with Gasteiger partial charge in [0.05, 0.1) is 11.6 Å². The SMILES string of the molecule is COC1(C)CC(NC(=O)C(N)C2CCOCC2)C1(C)C.Cl. The van der Waals surface area contributed by atoms with Crippen molar-refractivity contribution >= 4 is 18.3 Å². The molecule has 1 saturated heterocycles. The van der Waals surface area contributed by atoms with Gasteiger partial charge in [0.1, 0.15) is 0 Å². The lowest BCUT2D eigenvalue weighted by Gasteiger charge is -2.59. The lowest BCUT2D eigenvalue weighted by Crippen LogP contribution is -2.69. The highest BCUT2D eigenvalue weighted by Gasteiger charge is 2.58. The highest BCUT2D eigenvalue weighted by Crippen LogP contribution is 2.51. The molecule has 3 N–H and O–H groups in total. The van der Waals surface area contributed by atoms with Crippen LogP contribution in [0.15, 0.2) is 0 Å². The molecule has 0 aromatic heterocycles. The number of ether oxygens (including phenoxy) is 2. The number of amides is 1. The quantitative estimate of drug-likeness (QED) is 0.823. The second-order valence-corrected chi connectivity index (χ2v) is 6.90. The summed E-state index contributed by atoms with van der Waals surface area (Å²) in [5.41, 5.74) is 5.86. The topological polar surface area (TPSA) is 73.6 Å². The molecule has 124 valence electrons. The van der Waals surface area contributed by atoms with Crippen molar-refractivity contribution in [3.63, 3.8) is 0 Å². The maximum atomic E-state index is 12.3. The fourth-order valence-electron chi connectivity index (χ4n) is 3.28. The van der Waals surface area contributed by atoms with Crippen molar-refractivity contribution in [2.45, 2.75) is 57.7 Å². The number of nitrogens with one attached hydrogen (secondary N) is 1. The Balaban J connectivity index is 0.00000220. The van der Waals surface area contributed by atoms with Crippen LogP contribution in [0.1, 0.15) is 40.0 Å². The summed E-state index contributed by atoms with van der Waals surface area (Å²) < 4.78 is 10.9. The third-order valence-corrected chi connectivity index (χ3v) is 5.67. The average molecular weight is 321 g/mol. The van der Waals surface area contributed by atoms with Gasteiger partial charge >= 0.3 is 0 Å². The molecule has 6 heteroatoms. The van der Waals surface area contributed by atoms with Crippen LogP contribution in [-0.4, -0.2) is 43.9 Å². The van der Waals surface area contributed by atoms with Gasteiger partial charge in [-0.05, 0) is 32.1 Å². The van der Waals surface area contributed by atoms with E-state index in [1.165, 1.54) is 0 Å². The molecular weight excluding hydrogens is 292 g/mol. The van der Waals surface area contributed by atoms with Crippen LogP contribution in [0.4, 0.5) is 0 Å². The van der Waals surface area contributed by atoms with Crippen molar-refractivity contribution in [3.05, 3.63) is 0 Å². The minimum atomic E-state index is -0.427. The molecule has 1 amide bonds. The van der Waals surface area contributed by atoms with Crippen molar-refractivity contribution in [1.29, 1.82) is 0 Å². The van der Waals surface area contributed by atoms with Gasteiger partial charge in [0.15, 0.2) is 0 Å². The van der Waals surface area contributed by atoms with Gasteiger partial charge in [-0.15, -0.1) is 12.4 Å². The van der Waals surface area contributed by atoms with Gasteiger partial charge in [-0.2, -0.15) is 0 Å². The normalized spacial score (nSPS) is 33.5. The molecule has 3 unspecified atom stereocenters. The number of carbonyl (C=O) groups excluding carboxylic acids is 1. The van der Waals surface area contributed by atoms with Gasteiger partial charge in [0.2, 0.25) is 5.91 Å². The first kappa shape index (κ1) is 18.7. The maximum Gasteiger partial charge on any atom is 0.237 e. The molecule has 0 radical (unpaired) electrons. The second-order valence-electron chi connectivity index (χ2n) is 6.90. The highest BCUT2D eigenvalue weighted by molar-refractivity contribution is 5.85. The number of carbonyl (C=O) groups is 1. The summed E-state index contributed by atoms with van der Waals surface area (Å²) in [6, 6.07) is -0.296. The molecular formula is C15H29ClN2O3. The Bertz CT molecular complexity index is 372. The molecule has 0 aromatic carbocycles. The lowest BCUT2D eigenvalue weighted by atomic mass is 9.55. The minimum Gasteiger partial charge on any atom is -0.381 e. The van der Waals surface area contributed by atoms with Crippen molar-refractivity contribution in [2.75, 3.05) is 20.3 Å². The van der Waals surface area contributed by atoms with E-state index < -0.39 is 6.04 Å². The number of rotatable bonds is 4. The first-order valence-corrected chi connectivity index (χ1v) is 7.50. The first-order valence-electron chi connectivity index (χ1n) is 7.50. The maximum absolute atomic E-state index is 12.3. The van der Waals surface area contributed by atoms with Crippen molar-refractivity contribution < 1.29 is 14.3 Å². The summed E-state index contributed by atoms with van der Waals surface area (Å²) in [7, 11) is 1.73. The molecule has 21 heavy (non-hydrogen) atoms. The number of halogens is 1. The average Bonchev–Trinajstić information content (AvgIpc) is 2.46. The molecule has 1 heterocycles. The van der Waals surface area contributed by atoms with E-state index in [0.717, 1.165) is 19.3 Å². The number of hydrogen-bond donors (Lipinski definition) is 2. The van der Waals surface area contributed by atoms with Crippen molar-refractivity contribution in [3.8, 4) is 0 Å². The number of nitrogens with two attached hydrogens (primary N) is 1. The van der Waals surface area contributed by atoms with Crippen molar-refractivity contribution in [1.82, 2.24) is 5.32 Å². The fourth-order valence-corrected chi connectivity index (χ4v) is 3.28. The summed E-state index contributed by atoms with van der Waals surface area (Å²) in [6.07, 6.45) is 2.58. The zero-order chi connectivity index (χ0) is 15.0. The largest absolute Gasteiger partial charge is 0.381 e. The monoisotopic (exact) mass is 320 g/mol. The summed E-state index contributed by atoms with van der Waals surface area (Å²) in [6.45, 7) is 7.77. The molecule has 3 atom stereocenters. The van der Waals surface area contributed by atoms with Crippen molar-refractivity contribution in [2.24, 2.45) is 17.1 Å². The highest BCUT2D eigenvalue weighted by atomic mass is 35.5.